The molecule has 1 saturated heterocycles. The fourth-order valence-electron chi connectivity index (χ4n) is 2.96. The van der Waals surface area contributed by atoms with Crippen LogP contribution >= 0.6 is 0 Å². The molecular weight excluding hydrogens is 200 g/mol. The molecule has 0 aromatic carbocycles. The Bertz CT molecular complexity index is 284. The van der Waals surface area contributed by atoms with Crippen LogP contribution in [0.25, 0.3) is 0 Å². The predicted octanol–water partition coefficient (Wildman–Crippen LogP) is 2.12. The van der Waals surface area contributed by atoms with Gasteiger partial charge in [-0.15, -0.1) is 0 Å². The second-order valence-corrected chi connectivity index (χ2v) is 5.69. The normalized spacial score (nSPS) is 31.2. The van der Waals surface area contributed by atoms with Gasteiger partial charge in [-0.3, -0.25) is 10.1 Å². The first kappa shape index (κ1) is 11.9. The zero-order valence-electron chi connectivity index (χ0n) is 10.9. The van der Waals surface area contributed by atoms with Crippen LogP contribution in [0.1, 0.15) is 53.4 Å². The molecule has 0 aromatic heterocycles. The van der Waals surface area contributed by atoms with E-state index in [2.05, 4.69) is 37.9 Å². The van der Waals surface area contributed by atoms with E-state index in [0.29, 0.717) is 11.8 Å². The van der Waals surface area contributed by atoms with Gasteiger partial charge in [0, 0.05) is 5.54 Å². The number of nitrogens with zero attached hydrogens (tertiary/aromatic N) is 1. The van der Waals surface area contributed by atoms with E-state index in [-0.39, 0.29) is 17.7 Å². The molecule has 1 heterocycles. The molecule has 0 aromatic rings. The maximum absolute atomic E-state index is 12.3. The van der Waals surface area contributed by atoms with Gasteiger partial charge >= 0.3 is 0 Å². The lowest BCUT2D eigenvalue weighted by Gasteiger charge is -2.39. The van der Waals surface area contributed by atoms with Crippen molar-refractivity contribution < 1.29 is 4.79 Å². The second kappa shape index (κ2) is 4.02. The van der Waals surface area contributed by atoms with Gasteiger partial charge in [-0.25, -0.2) is 0 Å². The molecule has 16 heavy (non-hydrogen) atoms. The molecule has 2 fully saturated rings. The molecule has 1 aliphatic heterocycles. The fraction of sp³-hybridized carbons (Fsp3) is 0.923. The number of carbonyl (C=O) groups is 1. The van der Waals surface area contributed by atoms with Gasteiger partial charge in [0.25, 0.3) is 0 Å². The fourth-order valence-corrected chi connectivity index (χ4v) is 2.96. The van der Waals surface area contributed by atoms with Crippen molar-refractivity contribution in [1.29, 1.82) is 0 Å². The highest BCUT2D eigenvalue weighted by molar-refractivity contribution is 5.85. The lowest BCUT2D eigenvalue weighted by Crippen LogP contribution is -2.52. The molecular formula is C13H24N2O. The highest BCUT2D eigenvalue weighted by Crippen LogP contribution is 2.44. The smallest absolute Gasteiger partial charge is 0.241 e. The number of nitrogens with one attached hydrogen (secondary N) is 1. The average molecular weight is 224 g/mol. The lowest BCUT2D eigenvalue weighted by molar-refractivity contribution is -0.136. The van der Waals surface area contributed by atoms with Crippen LogP contribution in [0.4, 0.5) is 0 Å². The Hall–Kier alpha value is -0.570. The van der Waals surface area contributed by atoms with Crippen molar-refractivity contribution in [2.45, 2.75) is 71.1 Å². The number of hydrogen-bond donors (Lipinski definition) is 1. The summed E-state index contributed by atoms with van der Waals surface area (Å²) in [6.45, 7) is 8.69. The summed E-state index contributed by atoms with van der Waals surface area (Å²) in [5, 5.41) is 3.46. The molecule has 0 radical (unpaired) electrons. The van der Waals surface area contributed by atoms with Gasteiger partial charge in [0.1, 0.15) is 0 Å². The topological polar surface area (TPSA) is 32.3 Å². The third-order valence-corrected chi connectivity index (χ3v) is 4.23. The largest absolute Gasteiger partial charge is 0.320 e. The summed E-state index contributed by atoms with van der Waals surface area (Å²) in [4.78, 5) is 14.5. The van der Waals surface area contributed by atoms with Gasteiger partial charge in [0.15, 0.2) is 0 Å². The third-order valence-electron chi connectivity index (χ3n) is 4.23. The summed E-state index contributed by atoms with van der Waals surface area (Å²) >= 11 is 0. The van der Waals surface area contributed by atoms with E-state index in [1.807, 2.05) is 0 Å². The van der Waals surface area contributed by atoms with Crippen LogP contribution in [0.2, 0.25) is 0 Å². The molecule has 1 aliphatic carbocycles. The average Bonchev–Trinajstić information content (AvgIpc) is 3.03. The minimum atomic E-state index is 0.0364. The van der Waals surface area contributed by atoms with E-state index in [0.717, 1.165) is 12.8 Å². The van der Waals surface area contributed by atoms with E-state index in [9.17, 15) is 4.79 Å². The van der Waals surface area contributed by atoms with E-state index in [4.69, 9.17) is 0 Å². The van der Waals surface area contributed by atoms with Crippen molar-refractivity contribution in [2.75, 3.05) is 0 Å². The van der Waals surface area contributed by atoms with E-state index >= 15 is 0 Å². The SMILES string of the molecule is CCC1NC(CC)N(C(C)(C)C2CC2)C1=O. The van der Waals surface area contributed by atoms with E-state index < -0.39 is 0 Å². The molecule has 2 rings (SSSR count). The van der Waals surface area contributed by atoms with Crippen LogP contribution < -0.4 is 5.32 Å². The number of carbonyl (C=O) groups excluding carboxylic acids is 1. The summed E-state index contributed by atoms with van der Waals surface area (Å²) in [5.74, 6) is 1.02. The quantitative estimate of drug-likeness (QED) is 0.793. The highest BCUT2D eigenvalue weighted by Gasteiger charge is 2.50. The van der Waals surface area contributed by atoms with Crippen molar-refractivity contribution in [2.24, 2.45) is 5.92 Å². The Morgan fingerprint density at radius 3 is 2.38 bits per heavy atom. The van der Waals surface area contributed by atoms with Crippen LogP contribution in [0.5, 0.6) is 0 Å². The highest BCUT2D eigenvalue weighted by atomic mass is 16.2. The molecule has 1 N–H and O–H groups in total. The first-order chi connectivity index (χ1) is 7.52. The van der Waals surface area contributed by atoms with Gasteiger partial charge in [0.2, 0.25) is 5.91 Å². The second-order valence-electron chi connectivity index (χ2n) is 5.69. The third kappa shape index (κ3) is 1.75. The van der Waals surface area contributed by atoms with E-state index in [1.54, 1.807) is 0 Å². The van der Waals surface area contributed by atoms with Crippen molar-refractivity contribution in [3.05, 3.63) is 0 Å². The molecule has 2 aliphatic rings. The van der Waals surface area contributed by atoms with Gasteiger partial charge < -0.3 is 4.90 Å². The molecule has 1 amide bonds. The standard InChI is InChI=1S/C13H24N2O/c1-5-10-12(16)15(11(6-2)14-10)13(3,4)9-7-8-9/h9-11,14H,5-8H2,1-4H3. The Labute approximate surface area is 98.6 Å². The number of amides is 1. The molecule has 3 nitrogen and oxygen atoms in total. The zero-order chi connectivity index (χ0) is 11.9. The first-order valence-electron chi connectivity index (χ1n) is 6.61. The maximum Gasteiger partial charge on any atom is 0.241 e. The Kier molecular flexibility index (Phi) is 2.99. The minimum Gasteiger partial charge on any atom is -0.320 e. The molecule has 0 bridgehead atoms. The minimum absolute atomic E-state index is 0.0364. The number of hydrogen-bond acceptors (Lipinski definition) is 2. The summed E-state index contributed by atoms with van der Waals surface area (Å²) in [5.41, 5.74) is 0.0364. The number of rotatable bonds is 4. The Morgan fingerprint density at radius 1 is 1.31 bits per heavy atom. The van der Waals surface area contributed by atoms with Gasteiger partial charge in [0.05, 0.1) is 12.2 Å². The van der Waals surface area contributed by atoms with E-state index in [1.165, 1.54) is 12.8 Å². The van der Waals surface area contributed by atoms with Crippen LogP contribution in [0.15, 0.2) is 0 Å². The summed E-state index contributed by atoms with van der Waals surface area (Å²) in [7, 11) is 0. The monoisotopic (exact) mass is 224 g/mol. The van der Waals surface area contributed by atoms with Gasteiger partial charge in [-0.2, -0.15) is 0 Å². The van der Waals surface area contributed by atoms with Crippen LogP contribution in [-0.4, -0.2) is 28.6 Å². The molecule has 3 heteroatoms. The molecule has 92 valence electrons. The molecule has 1 saturated carbocycles. The van der Waals surface area contributed by atoms with Crippen LogP contribution in [0.3, 0.4) is 0 Å². The molecule has 0 spiro atoms. The maximum atomic E-state index is 12.3. The Morgan fingerprint density at radius 2 is 1.94 bits per heavy atom. The van der Waals surface area contributed by atoms with Gasteiger partial charge in [-0.05, 0) is 45.4 Å². The summed E-state index contributed by atoms with van der Waals surface area (Å²) in [6.07, 6.45) is 4.70. The lowest BCUT2D eigenvalue weighted by atomic mass is 9.95. The first-order valence-corrected chi connectivity index (χ1v) is 6.61. The summed E-state index contributed by atoms with van der Waals surface area (Å²) < 4.78 is 0. The Balaban J connectivity index is 2.20. The van der Waals surface area contributed by atoms with Crippen LogP contribution in [-0.2, 0) is 4.79 Å². The van der Waals surface area contributed by atoms with Crippen molar-refractivity contribution in [3.8, 4) is 0 Å². The van der Waals surface area contributed by atoms with Gasteiger partial charge in [-0.1, -0.05) is 13.8 Å². The zero-order valence-corrected chi connectivity index (χ0v) is 10.9. The van der Waals surface area contributed by atoms with Crippen molar-refractivity contribution in [3.63, 3.8) is 0 Å². The van der Waals surface area contributed by atoms with Crippen molar-refractivity contribution >= 4 is 5.91 Å². The molecule has 2 atom stereocenters. The van der Waals surface area contributed by atoms with Crippen molar-refractivity contribution in [1.82, 2.24) is 10.2 Å². The molecule has 2 unspecified atom stereocenters. The summed E-state index contributed by atoms with van der Waals surface area (Å²) in [6, 6.07) is 0.0444. The predicted molar refractivity (Wildman–Crippen MR) is 64.9 cm³/mol. The van der Waals surface area contributed by atoms with Crippen LogP contribution in [0, 0.1) is 5.92 Å².